The molecular formula is C14H24Br3NO3S. The van der Waals surface area contributed by atoms with Gasteiger partial charge in [-0.2, -0.15) is 0 Å². The molecular weight excluding hydrogens is 502 g/mol. The summed E-state index contributed by atoms with van der Waals surface area (Å²) in [4.78, 5) is 14.1. The van der Waals surface area contributed by atoms with E-state index in [1.54, 1.807) is 6.08 Å². The monoisotopic (exact) mass is 523 g/mol. The molecule has 8 heteroatoms. The van der Waals surface area contributed by atoms with Gasteiger partial charge in [0.05, 0.1) is 6.61 Å². The van der Waals surface area contributed by atoms with E-state index in [0.29, 0.717) is 25.1 Å². The predicted octanol–water partition coefficient (Wildman–Crippen LogP) is 4.10. The Kier molecular flexibility index (Phi) is 7.50. The maximum atomic E-state index is 12.6. The third kappa shape index (κ3) is 5.21. The van der Waals surface area contributed by atoms with E-state index in [1.165, 1.54) is 4.90 Å². The molecule has 1 amide bonds. The van der Waals surface area contributed by atoms with Crippen LogP contribution in [0.3, 0.4) is 0 Å². The number of nitrogens with zero attached hydrogens (tertiary/aromatic N) is 1. The molecule has 0 aromatic carbocycles. The van der Waals surface area contributed by atoms with Crippen LogP contribution in [0.5, 0.6) is 0 Å². The standard InChI is InChI=1S/C14H24Br3NO3S/c1-5-6-7-11-10-13(20,14(15,16)17)18(12(11)19)8-9-21-22(2,3)4/h10,20H,5-9H2,1-4H3. The molecule has 1 aliphatic rings. The Hall–Kier alpha value is 0.920. The van der Waals surface area contributed by atoms with Gasteiger partial charge in [0.25, 0.3) is 5.91 Å². The molecule has 0 aliphatic carbocycles. The molecule has 1 aliphatic heterocycles. The lowest BCUT2D eigenvalue weighted by Crippen LogP contribution is -2.55. The van der Waals surface area contributed by atoms with Crippen LogP contribution in [-0.4, -0.2) is 55.7 Å². The molecule has 1 unspecified atom stereocenters. The van der Waals surface area contributed by atoms with E-state index < -0.39 is 18.2 Å². The SMILES string of the molecule is CCCCC1=CC(O)(C(Br)(Br)Br)N(CCOS(C)(C)C)C1=O. The van der Waals surface area contributed by atoms with Gasteiger partial charge in [0.1, 0.15) is 0 Å². The van der Waals surface area contributed by atoms with Gasteiger partial charge in [-0.3, -0.25) is 4.79 Å². The van der Waals surface area contributed by atoms with E-state index in [9.17, 15) is 9.90 Å². The largest absolute Gasteiger partial charge is 0.365 e. The summed E-state index contributed by atoms with van der Waals surface area (Å²) in [7, 11) is -1.11. The summed E-state index contributed by atoms with van der Waals surface area (Å²) in [5, 5.41) is 11.0. The van der Waals surface area contributed by atoms with Gasteiger partial charge in [0, 0.05) is 12.1 Å². The lowest BCUT2D eigenvalue weighted by molar-refractivity contribution is -0.141. The smallest absolute Gasteiger partial charge is 0.252 e. The number of halogens is 3. The van der Waals surface area contributed by atoms with Crippen molar-refractivity contribution in [3.8, 4) is 0 Å². The van der Waals surface area contributed by atoms with Crippen molar-refractivity contribution < 1.29 is 14.1 Å². The van der Waals surface area contributed by atoms with Crippen LogP contribution in [0.4, 0.5) is 0 Å². The van der Waals surface area contributed by atoms with Crippen molar-refractivity contribution in [2.24, 2.45) is 0 Å². The Morgan fingerprint density at radius 2 is 1.95 bits per heavy atom. The first-order valence-electron chi connectivity index (χ1n) is 7.08. The molecule has 1 heterocycles. The van der Waals surface area contributed by atoms with Gasteiger partial charge >= 0.3 is 0 Å². The van der Waals surface area contributed by atoms with E-state index in [0.717, 1.165) is 12.8 Å². The van der Waals surface area contributed by atoms with E-state index in [1.807, 2.05) is 18.8 Å². The Balaban J connectivity index is 2.91. The number of rotatable bonds is 7. The molecule has 22 heavy (non-hydrogen) atoms. The summed E-state index contributed by atoms with van der Waals surface area (Å²) in [6.45, 7) is 2.80. The number of carbonyl (C=O) groups is 1. The fraction of sp³-hybridized carbons (Fsp3) is 0.786. The number of hydrogen-bond acceptors (Lipinski definition) is 3. The molecule has 0 aromatic heterocycles. The van der Waals surface area contributed by atoms with Crippen LogP contribution in [0, 0.1) is 0 Å². The van der Waals surface area contributed by atoms with Crippen LogP contribution in [-0.2, 0) is 8.98 Å². The topological polar surface area (TPSA) is 49.8 Å². The second-order valence-corrected chi connectivity index (χ2v) is 16.4. The molecule has 0 saturated heterocycles. The fourth-order valence-corrected chi connectivity index (χ4v) is 3.70. The van der Waals surface area contributed by atoms with Gasteiger partial charge in [-0.15, -0.1) is 10.3 Å². The van der Waals surface area contributed by atoms with Gasteiger partial charge < -0.3 is 14.2 Å². The average Bonchev–Trinajstić information content (AvgIpc) is 2.59. The number of alkyl halides is 3. The molecule has 0 saturated carbocycles. The highest BCUT2D eigenvalue weighted by atomic mass is 80.0. The molecule has 130 valence electrons. The molecule has 0 aromatic rings. The van der Waals surface area contributed by atoms with Gasteiger partial charge in [-0.05, 0) is 37.7 Å². The highest BCUT2D eigenvalue weighted by Gasteiger charge is 2.54. The number of hydrogen-bond donors (Lipinski definition) is 1. The highest BCUT2D eigenvalue weighted by molar-refractivity contribution is 9.39. The van der Waals surface area contributed by atoms with Crippen molar-refractivity contribution in [1.82, 2.24) is 4.90 Å². The summed E-state index contributed by atoms with van der Waals surface area (Å²) in [6.07, 6.45) is 10.3. The highest BCUT2D eigenvalue weighted by Crippen LogP contribution is 2.50. The zero-order chi connectivity index (χ0) is 17.2. The van der Waals surface area contributed by atoms with Crippen molar-refractivity contribution in [3.05, 3.63) is 11.6 Å². The normalized spacial score (nSPS) is 23.9. The van der Waals surface area contributed by atoms with Crippen LogP contribution >= 0.6 is 58.1 Å². The predicted molar refractivity (Wildman–Crippen MR) is 105 cm³/mol. The van der Waals surface area contributed by atoms with Crippen molar-refractivity contribution >= 4 is 64.0 Å². The number of carbonyl (C=O) groups excluding carboxylic acids is 1. The quantitative estimate of drug-likeness (QED) is 0.509. The van der Waals surface area contributed by atoms with Crippen molar-refractivity contribution in [2.75, 3.05) is 31.9 Å². The summed E-state index contributed by atoms with van der Waals surface area (Å²) < 4.78 is 4.77. The first-order chi connectivity index (χ1) is 9.92. The summed E-state index contributed by atoms with van der Waals surface area (Å²) >= 11 is 10.1. The molecule has 1 atom stereocenters. The molecule has 0 spiro atoms. The van der Waals surface area contributed by atoms with E-state index in [-0.39, 0.29) is 5.91 Å². The maximum absolute atomic E-state index is 12.6. The van der Waals surface area contributed by atoms with Gasteiger partial charge in [-0.1, -0.05) is 61.1 Å². The third-order valence-electron chi connectivity index (χ3n) is 3.28. The number of amides is 1. The average molecular weight is 526 g/mol. The van der Waals surface area contributed by atoms with Crippen molar-refractivity contribution in [1.29, 1.82) is 0 Å². The zero-order valence-electron chi connectivity index (χ0n) is 13.4. The van der Waals surface area contributed by atoms with Crippen LogP contribution in [0.15, 0.2) is 11.6 Å². The van der Waals surface area contributed by atoms with E-state index >= 15 is 0 Å². The van der Waals surface area contributed by atoms with Crippen LogP contribution < -0.4 is 0 Å². The number of aliphatic hydroxyl groups is 1. The second-order valence-electron chi connectivity index (χ2n) is 6.00. The molecule has 0 radical (unpaired) electrons. The summed E-state index contributed by atoms with van der Waals surface area (Å²) in [5.74, 6) is -0.133. The molecule has 4 nitrogen and oxygen atoms in total. The minimum absolute atomic E-state index is 0.133. The fourth-order valence-electron chi connectivity index (χ4n) is 2.14. The minimum Gasteiger partial charge on any atom is -0.365 e. The molecule has 1 N–H and O–H groups in total. The Labute approximate surface area is 159 Å². The maximum Gasteiger partial charge on any atom is 0.252 e. The van der Waals surface area contributed by atoms with Crippen LogP contribution in [0.2, 0.25) is 0 Å². The Morgan fingerprint density at radius 3 is 2.41 bits per heavy atom. The second kappa shape index (κ2) is 7.87. The Morgan fingerprint density at radius 1 is 1.36 bits per heavy atom. The summed E-state index contributed by atoms with van der Waals surface area (Å²) in [5.41, 5.74) is -0.834. The van der Waals surface area contributed by atoms with E-state index in [2.05, 4.69) is 54.7 Å². The molecule has 1 rings (SSSR count). The van der Waals surface area contributed by atoms with Crippen LogP contribution in [0.25, 0.3) is 0 Å². The summed E-state index contributed by atoms with van der Waals surface area (Å²) in [6, 6.07) is 0. The minimum atomic E-state index is -1.48. The number of unbranched alkanes of at least 4 members (excludes halogenated alkanes) is 1. The lowest BCUT2D eigenvalue weighted by atomic mass is 10.1. The first kappa shape index (κ1) is 21.0. The van der Waals surface area contributed by atoms with Crippen molar-refractivity contribution in [2.45, 2.75) is 34.1 Å². The van der Waals surface area contributed by atoms with Crippen molar-refractivity contribution in [3.63, 3.8) is 0 Å². The zero-order valence-corrected chi connectivity index (χ0v) is 18.9. The van der Waals surface area contributed by atoms with Gasteiger partial charge in [0.2, 0.25) is 0 Å². The first-order valence-corrected chi connectivity index (χ1v) is 12.2. The van der Waals surface area contributed by atoms with Crippen LogP contribution in [0.1, 0.15) is 26.2 Å². The third-order valence-corrected chi connectivity index (χ3v) is 5.90. The molecule has 0 bridgehead atoms. The Bertz CT molecular complexity index is 446. The van der Waals surface area contributed by atoms with Gasteiger partial charge in [-0.25, -0.2) is 0 Å². The molecule has 0 fully saturated rings. The van der Waals surface area contributed by atoms with E-state index in [4.69, 9.17) is 4.18 Å². The van der Waals surface area contributed by atoms with Gasteiger partial charge in [0.15, 0.2) is 7.87 Å². The lowest BCUT2D eigenvalue weighted by Gasteiger charge is -2.39.